The molecule has 3 nitrogen and oxygen atoms in total. The first-order chi connectivity index (χ1) is 11.2. The lowest BCUT2D eigenvalue weighted by molar-refractivity contribution is 0.00578. The van der Waals surface area contributed by atoms with E-state index in [-0.39, 0.29) is 23.4 Å². The summed E-state index contributed by atoms with van der Waals surface area (Å²) in [6, 6.07) is 6.48. The van der Waals surface area contributed by atoms with E-state index in [2.05, 4.69) is 86.7 Å². The second-order valence-corrected chi connectivity index (χ2v) is 14.6. The Kier molecular flexibility index (Phi) is 5.40. The first-order valence-corrected chi connectivity index (χ1v) is 12.2. The van der Waals surface area contributed by atoms with Gasteiger partial charge in [0.2, 0.25) is 0 Å². The van der Waals surface area contributed by atoms with Crippen molar-refractivity contribution in [2.45, 2.75) is 91.3 Å². The summed E-state index contributed by atoms with van der Waals surface area (Å²) in [6.45, 7) is 22.5. The molecule has 1 aliphatic heterocycles. The fourth-order valence-corrected chi connectivity index (χ4v) is 3.44. The van der Waals surface area contributed by atoms with E-state index < -0.39 is 8.32 Å². The standard InChI is InChI=1S/C20H35BO3Si/c1-15-11-12-16(14-22-25(9,10)18(2,3)4)13-17(15)21-23-19(5,6)20(7,8)24-21/h11-13H,14H2,1-10H3. The van der Waals surface area contributed by atoms with E-state index in [4.69, 9.17) is 13.7 Å². The zero-order valence-corrected chi connectivity index (χ0v) is 18.7. The van der Waals surface area contributed by atoms with Gasteiger partial charge in [0.1, 0.15) is 0 Å². The molecule has 1 aliphatic rings. The molecule has 25 heavy (non-hydrogen) atoms. The van der Waals surface area contributed by atoms with Gasteiger partial charge in [-0.25, -0.2) is 0 Å². The Hall–Kier alpha value is -0.618. The molecule has 0 aliphatic carbocycles. The topological polar surface area (TPSA) is 27.7 Å². The maximum absolute atomic E-state index is 6.38. The van der Waals surface area contributed by atoms with Crippen LogP contribution in [-0.4, -0.2) is 26.6 Å². The summed E-state index contributed by atoms with van der Waals surface area (Å²) in [7, 11) is -2.08. The van der Waals surface area contributed by atoms with E-state index >= 15 is 0 Å². The molecule has 1 saturated heterocycles. The van der Waals surface area contributed by atoms with Crippen molar-refractivity contribution in [2.75, 3.05) is 0 Å². The maximum Gasteiger partial charge on any atom is 0.495 e. The molecular weight excluding hydrogens is 327 g/mol. The Morgan fingerprint density at radius 2 is 1.56 bits per heavy atom. The summed E-state index contributed by atoms with van der Waals surface area (Å²) in [4.78, 5) is 0. The second-order valence-electron chi connectivity index (χ2n) is 9.83. The lowest BCUT2D eigenvalue weighted by atomic mass is 9.75. The minimum atomic E-state index is -1.76. The number of aryl methyl sites for hydroxylation is 1. The fourth-order valence-electron chi connectivity index (χ4n) is 2.48. The Labute approximate surface area is 155 Å². The zero-order chi connectivity index (χ0) is 19.3. The van der Waals surface area contributed by atoms with Crippen LogP contribution in [-0.2, 0) is 20.3 Å². The minimum absolute atomic E-state index is 0.215. The first-order valence-electron chi connectivity index (χ1n) is 9.25. The highest BCUT2D eigenvalue weighted by atomic mass is 28.4. The molecule has 5 heteroatoms. The maximum atomic E-state index is 6.38. The Balaban J connectivity index is 2.19. The third kappa shape index (κ3) is 4.21. The van der Waals surface area contributed by atoms with Crippen molar-refractivity contribution in [3.63, 3.8) is 0 Å². The van der Waals surface area contributed by atoms with Crippen LogP contribution >= 0.6 is 0 Å². The van der Waals surface area contributed by atoms with Gasteiger partial charge in [0.05, 0.1) is 17.8 Å². The monoisotopic (exact) mass is 362 g/mol. The minimum Gasteiger partial charge on any atom is -0.413 e. The van der Waals surface area contributed by atoms with Gasteiger partial charge in [0.15, 0.2) is 8.32 Å². The third-order valence-electron chi connectivity index (χ3n) is 6.26. The quantitative estimate of drug-likeness (QED) is 0.719. The summed E-state index contributed by atoms with van der Waals surface area (Å²) >= 11 is 0. The van der Waals surface area contributed by atoms with Crippen molar-refractivity contribution >= 4 is 20.9 Å². The summed E-state index contributed by atoms with van der Waals surface area (Å²) < 4.78 is 18.8. The number of hydrogen-bond donors (Lipinski definition) is 0. The molecule has 0 N–H and O–H groups in total. The molecule has 1 fully saturated rings. The predicted octanol–water partition coefficient (Wildman–Crippen LogP) is 4.82. The van der Waals surface area contributed by atoms with E-state index in [0.717, 1.165) is 5.46 Å². The van der Waals surface area contributed by atoms with Crippen molar-refractivity contribution in [1.82, 2.24) is 0 Å². The number of hydrogen-bond acceptors (Lipinski definition) is 3. The molecule has 140 valence electrons. The highest BCUT2D eigenvalue weighted by Gasteiger charge is 2.52. The predicted molar refractivity (Wildman–Crippen MR) is 109 cm³/mol. The molecule has 0 radical (unpaired) electrons. The van der Waals surface area contributed by atoms with Gasteiger partial charge < -0.3 is 13.7 Å². The average Bonchev–Trinajstić information content (AvgIpc) is 2.65. The van der Waals surface area contributed by atoms with Crippen LogP contribution in [0.25, 0.3) is 0 Å². The molecule has 1 aromatic rings. The SMILES string of the molecule is Cc1ccc(CO[Si](C)(C)C(C)(C)C)cc1B1OC(C)(C)C(C)(C)O1. The van der Waals surface area contributed by atoms with Gasteiger partial charge in [-0.2, -0.15) is 0 Å². The van der Waals surface area contributed by atoms with E-state index in [0.29, 0.717) is 6.61 Å². The van der Waals surface area contributed by atoms with Crippen LogP contribution in [0.2, 0.25) is 18.1 Å². The molecule has 0 saturated carbocycles. The zero-order valence-electron chi connectivity index (χ0n) is 17.7. The summed E-state index contributed by atoms with van der Waals surface area (Å²) in [5.74, 6) is 0. The van der Waals surface area contributed by atoms with Gasteiger partial charge in [-0.15, -0.1) is 0 Å². The number of rotatable bonds is 4. The lowest BCUT2D eigenvalue weighted by Gasteiger charge is -2.36. The largest absolute Gasteiger partial charge is 0.495 e. The molecule has 0 amide bonds. The van der Waals surface area contributed by atoms with Crippen LogP contribution in [0, 0.1) is 6.92 Å². The van der Waals surface area contributed by atoms with Crippen molar-refractivity contribution in [3.8, 4) is 0 Å². The Bertz CT molecular complexity index is 616. The Morgan fingerprint density at radius 3 is 2.04 bits per heavy atom. The van der Waals surface area contributed by atoms with Crippen LogP contribution in [0.15, 0.2) is 18.2 Å². The van der Waals surface area contributed by atoms with E-state index in [1.54, 1.807) is 0 Å². The Morgan fingerprint density at radius 1 is 1.04 bits per heavy atom. The van der Waals surface area contributed by atoms with Crippen LogP contribution < -0.4 is 5.46 Å². The van der Waals surface area contributed by atoms with Crippen molar-refractivity contribution in [1.29, 1.82) is 0 Å². The molecule has 1 aromatic carbocycles. The molecule has 0 aromatic heterocycles. The molecule has 0 unspecified atom stereocenters. The lowest BCUT2D eigenvalue weighted by Crippen LogP contribution is -2.41. The van der Waals surface area contributed by atoms with Crippen LogP contribution in [0.3, 0.4) is 0 Å². The number of benzene rings is 1. The van der Waals surface area contributed by atoms with Gasteiger partial charge in [-0.1, -0.05) is 44.5 Å². The average molecular weight is 362 g/mol. The molecular formula is C20H35BO3Si. The van der Waals surface area contributed by atoms with E-state index in [1.807, 2.05) is 0 Å². The van der Waals surface area contributed by atoms with E-state index in [9.17, 15) is 0 Å². The highest BCUT2D eigenvalue weighted by molar-refractivity contribution is 6.74. The molecule has 2 rings (SSSR count). The van der Waals surface area contributed by atoms with Gasteiger partial charge >= 0.3 is 7.12 Å². The molecule has 1 heterocycles. The second kappa shape index (κ2) is 6.52. The van der Waals surface area contributed by atoms with Crippen LogP contribution in [0.1, 0.15) is 59.6 Å². The smallest absolute Gasteiger partial charge is 0.413 e. The van der Waals surface area contributed by atoms with Crippen molar-refractivity contribution in [2.24, 2.45) is 0 Å². The fraction of sp³-hybridized carbons (Fsp3) is 0.700. The van der Waals surface area contributed by atoms with Crippen LogP contribution in [0.4, 0.5) is 0 Å². The molecule has 0 bridgehead atoms. The molecule has 0 spiro atoms. The highest BCUT2D eigenvalue weighted by Crippen LogP contribution is 2.38. The van der Waals surface area contributed by atoms with Gasteiger partial charge in [-0.05, 0) is 63.8 Å². The summed E-state index contributed by atoms with van der Waals surface area (Å²) in [5, 5.41) is 0.215. The van der Waals surface area contributed by atoms with Gasteiger partial charge in [0, 0.05) is 0 Å². The summed E-state index contributed by atoms with van der Waals surface area (Å²) in [6.07, 6.45) is 0. The third-order valence-corrected chi connectivity index (χ3v) is 10.7. The normalized spacial score (nSPS) is 20.2. The first kappa shape index (κ1) is 20.7. The summed E-state index contributed by atoms with van der Waals surface area (Å²) in [5.41, 5.74) is 2.83. The van der Waals surface area contributed by atoms with Gasteiger partial charge in [-0.3, -0.25) is 0 Å². The molecule has 0 atom stereocenters. The van der Waals surface area contributed by atoms with Crippen molar-refractivity contribution < 1.29 is 13.7 Å². The van der Waals surface area contributed by atoms with Gasteiger partial charge in [0.25, 0.3) is 0 Å². The van der Waals surface area contributed by atoms with E-state index in [1.165, 1.54) is 11.1 Å². The van der Waals surface area contributed by atoms with Crippen molar-refractivity contribution in [3.05, 3.63) is 29.3 Å². The van der Waals surface area contributed by atoms with Crippen LogP contribution in [0.5, 0.6) is 0 Å².